The predicted molar refractivity (Wildman–Crippen MR) is 96.5 cm³/mol. The summed E-state index contributed by atoms with van der Waals surface area (Å²) in [6.07, 6.45) is 0.610. The van der Waals surface area contributed by atoms with E-state index in [9.17, 15) is 14.3 Å². The fraction of sp³-hybridized carbons (Fsp3) is 0.0952. The van der Waals surface area contributed by atoms with E-state index in [4.69, 9.17) is 5.73 Å². The van der Waals surface area contributed by atoms with E-state index >= 15 is 0 Å². The highest BCUT2D eigenvalue weighted by Crippen LogP contribution is 2.38. The summed E-state index contributed by atoms with van der Waals surface area (Å²) in [6.45, 7) is 0. The molecule has 0 unspecified atom stereocenters. The summed E-state index contributed by atoms with van der Waals surface area (Å²) in [5.74, 6) is -1.46. The minimum atomic E-state index is -0.673. The van der Waals surface area contributed by atoms with Gasteiger partial charge in [-0.2, -0.15) is 0 Å². The SMILES string of the molecule is NC(=O)CCc1ccccc1-c1ccc(-c2ccccc2)c(O)c1F. The first-order valence-corrected chi connectivity index (χ1v) is 8.01. The smallest absolute Gasteiger partial charge is 0.217 e. The Bertz CT molecular complexity index is 907. The molecule has 1 amide bonds. The van der Waals surface area contributed by atoms with Crippen molar-refractivity contribution in [2.24, 2.45) is 5.73 Å². The van der Waals surface area contributed by atoms with Crippen molar-refractivity contribution in [1.29, 1.82) is 0 Å². The van der Waals surface area contributed by atoms with Crippen LogP contribution in [-0.4, -0.2) is 11.0 Å². The second-order valence-corrected chi connectivity index (χ2v) is 5.81. The Balaban J connectivity index is 2.05. The minimum Gasteiger partial charge on any atom is -0.504 e. The Hall–Kier alpha value is -3.14. The first kappa shape index (κ1) is 16.7. The van der Waals surface area contributed by atoms with Gasteiger partial charge in [0.05, 0.1) is 0 Å². The zero-order valence-corrected chi connectivity index (χ0v) is 13.6. The van der Waals surface area contributed by atoms with Crippen molar-refractivity contribution < 1.29 is 14.3 Å². The summed E-state index contributed by atoms with van der Waals surface area (Å²) in [7, 11) is 0. The summed E-state index contributed by atoms with van der Waals surface area (Å²) >= 11 is 0. The molecule has 3 aromatic carbocycles. The summed E-state index contributed by atoms with van der Waals surface area (Å²) in [6, 6.07) is 19.7. The average Bonchev–Trinajstić information content (AvgIpc) is 2.63. The number of phenols is 1. The van der Waals surface area contributed by atoms with E-state index in [2.05, 4.69) is 0 Å². The average molecular weight is 335 g/mol. The van der Waals surface area contributed by atoms with E-state index in [0.717, 1.165) is 11.1 Å². The number of amides is 1. The molecule has 0 aliphatic heterocycles. The lowest BCUT2D eigenvalue weighted by Gasteiger charge is -2.13. The quantitative estimate of drug-likeness (QED) is 0.731. The van der Waals surface area contributed by atoms with Crippen molar-refractivity contribution >= 4 is 5.91 Å². The number of nitrogens with two attached hydrogens (primary N) is 1. The van der Waals surface area contributed by atoms with Crippen molar-refractivity contribution in [2.45, 2.75) is 12.8 Å². The summed E-state index contributed by atoms with van der Waals surface area (Å²) in [4.78, 5) is 11.1. The fourth-order valence-electron chi connectivity index (χ4n) is 2.88. The van der Waals surface area contributed by atoms with Gasteiger partial charge < -0.3 is 10.8 Å². The highest BCUT2D eigenvalue weighted by molar-refractivity contribution is 5.79. The Morgan fingerprint density at radius 2 is 1.52 bits per heavy atom. The Labute approximate surface area is 145 Å². The van der Waals surface area contributed by atoms with Gasteiger partial charge in [0.25, 0.3) is 0 Å². The number of benzene rings is 3. The molecule has 3 N–H and O–H groups in total. The molecule has 0 aromatic heterocycles. The van der Waals surface area contributed by atoms with Crippen molar-refractivity contribution in [3.05, 3.63) is 78.1 Å². The van der Waals surface area contributed by atoms with Gasteiger partial charge >= 0.3 is 0 Å². The number of rotatable bonds is 5. The first-order valence-electron chi connectivity index (χ1n) is 8.01. The van der Waals surface area contributed by atoms with Gasteiger partial charge in [0.1, 0.15) is 0 Å². The fourth-order valence-corrected chi connectivity index (χ4v) is 2.88. The van der Waals surface area contributed by atoms with Crippen molar-refractivity contribution in [2.75, 3.05) is 0 Å². The van der Waals surface area contributed by atoms with Crippen LogP contribution in [0.15, 0.2) is 66.7 Å². The highest BCUT2D eigenvalue weighted by atomic mass is 19.1. The number of hydrogen-bond acceptors (Lipinski definition) is 2. The van der Waals surface area contributed by atoms with Crippen LogP contribution in [0.2, 0.25) is 0 Å². The molecule has 0 fully saturated rings. The lowest BCUT2D eigenvalue weighted by Crippen LogP contribution is -2.11. The van der Waals surface area contributed by atoms with Gasteiger partial charge in [-0.1, -0.05) is 60.7 Å². The van der Waals surface area contributed by atoms with Crippen LogP contribution in [0.5, 0.6) is 5.75 Å². The van der Waals surface area contributed by atoms with Crippen LogP contribution < -0.4 is 5.73 Å². The van der Waals surface area contributed by atoms with Crippen molar-refractivity contribution in [3.63, 3.8) is 0 Å². The van der Waals surface area contributed by atoms with E-state index in [0.29, 0.717) is 23.1 Å². The number of phenolic OH excluding ortho intramolecular Hbond substituents is 1. The molecule has 0 spiro atoms. The molecule has 0 saturated heterocycles. The van der Waals surface area contributed by atoms with Gasteiger partial charge in [0.15, 0.2) is 11.6 Å². The van der Waals surface area contributed by atoms with Gasteiger partial charge in [-0.25, -0.2) is 4.39 Å². The minimum absolute atomic E-state index is 0.187. The highest BCUT2D eigenvalue weighted by Gasteiger charge is 2.17. The maximum Gasteiger partial charge on any atom is 0.217 e. The first-order chi connectivity index (χ1) is 12.1. The van der Waals surface area contributed by atoms with Crippen molar-refractivity contribution in [1.82, 2.24) is 0 Å². The molecular formula is C21H18FNO2. The van der Waals surface area contributed by atoms with Crippen LogP contribution in [0, 0.1) is 5.82 Å². The number of primary amides is 1. The number of halogens is 1. The second kappa shape index (κ2) is 7.18. The zero-order valence-electron chi connectivity index (χ0n) is 13.6. The van der Waals surface area contributed by atoms with Crippen LogP contribution in [0.4, 0.5) is 4.39 Å². The maximum atomic E-state index is 14.9. The molecular weight excluding hydrogens is 317 g/mol. The molecule has 126 valence electrons. The van der Waals surface area contributed by atoms with Gasteiger partial charge in [-0.15, -0.1) is 0 Å². The maximum absolute atomic E-state index is 14.9. The summed E-state index contributed by atoms with van der Waals surface area (Å²) < 4.78 is 14.9. The van der Waals surface area contributed by atoms with Crippen LogP contribution in [0.3, 0.4) is 0 Å². The molecule has 0 atom stereocenters. The molecule has 4 heteroatoms. The zero-order chi connectivity index (χ0) is 17.8. The van der Waals surface area contributed by atoms with Crippen LogP contribution >= 0.6 is 0 Å². The number of carbonyl (C=O) groups excluding carboxylic acids is 1. The number of hydrogen-bond donors (Lipinski definition) is 2. The molecule has 0 heterocycles. The molecule has 0 aliphatic rings. The van der Waals surface area contributed by atoms with Gasteiger partial charge in [0, 0.05) is 17.5 Å². The van der Waals surface area contributed by atoms with Crippen LogP contribution in [0.1, 0.15) is 12.0 Å². The molecule has 0 bridgehead atoms. The van der Waals surface area contributed by atoms with E-state index in [-0.39, 0.29) is 12.2 Å². The monoisotopic (exact) mass is 335 g/mol. The molecule has 0 saturated carbocycles. The molecule has 3 aromatic rings. The number of aromatic hydroxyl groups is 1. The van der Waals surface area contributed by atoms with Gasteiger partial charge in [-0.05, 0) is 29.2 Å². The van der Waals surface area contributed by atoms with Gasteiger partial charge in [-0.3, -0.25) is 4.79 Å². The Morgan fingerprint density at radius 3 is 2.24 bits per heavy atom. The topological polar surface area (TPSA) is 63.3 Å². The predicted octanol–water partition coefficient (Wildman–Crippen LogP) is 4.28. The third kappa shape index (κ3) is 3.53. The summed E-state index contributed by atoms with van der Waals surface area (Å²) in [5.41, 5.74) is 8.16. The van der Waals surface area contributed by atoms with E-state index in [1.54, 1.807) is 24.3 Å². The lowest BCUT2D eigenvalue weighted by atomic mass is 9.93. The van der Waals surface area contributed by atoms with Crippen LogP contribution in [0.25, 0.3) is 22.3 Å². The molecule has 0 radical (unpaired) electrons. The van der Waals surface area contributed by atoms with Gasteiger partial charge in [0.2, 0.25) is 5.91 Å². The van der Waals surface area contributed by atoms with E-state index in [1.807, 2.05) is 42.5 Å². The molecule has 3 nitrogen and oxygen atoms in total. The van der Waals surface area contributed by atoms with E-state index < -0.39 is 11.7 Å². The van der Waals surface area contributed by atoms with E-state index in [1.165, 1.54) is 0 Å². The Kier molecular flexibility index (Phi) is 4.80. The molecule has 25 heavy (non-hydrogen) atoms. The second-order valence-electron chi connectivity index (χ2n) is 5.81. The Morgan fingerprint density at radius 1 is 0.880 bits per heavy atom. The summed E-state index contributed by atoms with van der Waals surface area (Å²) in [5, 5.41) is 10.4. The normalized spacial score (nSPS) is 10.6. The number of aryl methyl sites for hydroxylation is 1. The molecule has 0 aliphatic carbocycles. The largest absolute Gasteiger partial charge is 0.504 e. The standard InChI is InChI=1S/C21H18FNO2/c22-20-18(16-9-5-4-8-15(16)10-13-19(23)24)12-11-17(21(20)25)14-6-2-1-3-7-14/h1-9,11-12,25H,10,13H2,(H2,23,24). The molecule has 3 rings (SSSR count). The third-order valence-electron chi connectivity index (χ3n) is 4.15. The van der Waals surface area contributed by atoms with Crippen molar-refractivity contribution in [3.8, 4) is 28.0 Å². The van der Waals surface area contributed by atoms with Crippen LogP contribution in [-0.2, 0) is 11.2 Å². The number of carbonyl (C=O) groups is 1. The lowest BCUT2D eigenvalue weighted by molar-refractivity contribution is -0.117. The third-order valence-corrected chi connectivity index (χ3v) is 4.15.